The van der Waals surface area contributed by atoms with Crippen molar-refractivity contribution in [1.82, 2.24) is 30.4 Å². The molecule has 0 saturated carbocycles. The van der Waals surface area contributed by atoms with Gasteiger partial charge in [-0.2, -0.15) is 5.10 Å². The van der Waals surface area contributed by atoms with E-state index in [4.69, 9.17) is 9.72 Å². The summed E-state index contributed by atoms with van der Waals surface area (Å²) in [6.45, 7) is 2.04. The number of nitrogens with zero attached hydrogens (tertiary/aromatic N) is 4. The Kier molecular flexibility index (Phi) is 6.24. The quantitative estimate of drug-likeness (QED) is 0.359. The van der Waals surface area contributed by atoms with Crippen LogP contribution in [0, 0.1) is 5.82 Å². The van der Waals surface area contributed by atoms with Crippen molar-refractivity contribution in [3.63, 3.8) is 0 Å². The van der Waals surface area contributed by atoms with Crippen LogP contribution in [0.25, 0.3) is 11.4 Å². The van der Waals surface area contributed by atoms with Gasteiger partial charge in [0, 0.05) is 47.9 Å². The molecule has 2 aromatic heterocycles. The first kappa shape index (κ1) is 24.1. The summed E-state index contributed by atoms with van der Waals surface area (Å²) in [7, 11) is 2.11. The fourth-order valence-corrected chi connectivity index (χ4v) is 5.09. The van der Waals surface area contributed by atoms with E-state index < -0.39 is 11.6 Å². The molecule has 10 heteroatoms. The highest BCUT2D eigenvalue weighted by molar-refractivity contribution is 5.95. The van der Waals surface area contributed by atoms with E-state index in [1.807, 2.05) is 30.3 Å². The number of pyridine rings is 1. The summed E-state index contributed by atoms with van der Waals surface area (Å²) in [5.74, 6) is 1.36. The van der Waals surface area contributed by atoms with Crippen molar-refractivity contribution in [1.29, 1.82) is 0 Å². The summed E-state index contributed by atoms with van der Waals surface area (Å²) in [4.78, 5) is 24.4. The molecule has 1 amide bonds. The lowest BCUT2D eigenvalue weighted by Gasteiger charge is -2.40. The number of carbonyl (C=O) groups is 1. The number of amides is 1. The summed E-state index contributed by atoms with van der Waals surface area (Å²) in [6.07, 6.45) is 5.07. The van der Waals surface area contributed by atoms with E-state index in [1.54, 1.807) is 24.5 Å². The second-order valence-electron chi connectivity index (χ2n) is 9.85. The number of likely N-dealkylation sites (tertiary alicyclic amines) is 1. The molecular formula is C28H28FN7O2. The maximum absolute atomic E-state index is 13.8. The normalized spacial score (nSPS) is 18.4. The van der Waals surface area contributed by atoms with Crippen LogP contribution in [0.5, 0.6) is 5.75 Å². The first-order valence-electron chi connectivity index (χ1n) is 12.6. The smallest absolute Gasteiger partial charge is 0.251 e. The van der Waals surface area contributed by atoms with Crippen LogP contribution < -0.4 is 15.4 Å². The lowest BCUT2D eigenvalue weighted by Crippen LogP contribution is -2.46. The molecule has 9 nitrogen and oxygen atoms in total. The molecule has 4 aromatic rings. The summed E-state index contributed by atoms with van der Waals surface area (Å²) < 4.78 is 19.4. The molecule has 1 saturated heterocycles. The number of rotatable bonds is 6. The zero-order valence-corrected chi connectivity index (χ0v) is 20.9. The molecule has 0 spiro atoms. The predicted molar refractivity (Wildman–Crippen MR) is 140 cm³/mol. The van der Waals surface area contributed by atoms with Gasteiger partial charge in [-0.05, 0) is 68.4 Å². The summed E-state index contributed by atoms with van der Waals surface area (Å²) in [5, 5.41) is 14.3. The Bertz CT molecular complexity index is 1450. The van der Waals surface area contributed by atoms with Gasteiger partial charge in [-0.3, -0.25) is 14.9 Å². The highest BCUT2D eigenvalue weighted by Gasteiger charge is 2.39. The Labute approximate surface area is 219 Å². The van der Waals surface area contributed by atoms with Crippen molar-refractivity contribution in [3.8, 4) is 17.1 Å². The first-order chi connectivity index (χ1) is 18.5. The van der Waals surface area contributed by atoms with E-state index in [0.29, 0.717) is 22.7 Å². The summed E-state index contributed by atoms with van der Waals surface area (Å²) in [6, 6.07) is 15.1. The monoisotopic (exact) mass is 513 g/mol. The standard InChI is InChI=1S/C28H28FN7O2/c1-36-13-9-28(10-14-36,27-32-25(34-35-27)18-7-11-30-12-8-18)33-21-4-2-3-19(15-21)26(37)31-23-17-38-24-6-5-20(29)16-22(23)24/h2-8,11-12,15-16,23,33H,9-10,13-14,17H2,1H3,(H,31,37)(H,32,34,35)/t23-/m1/s1. The lowest BCUT2D eigenvalue weighted by atomic mass is 9.86. The lowest BCUT2D eigenvalue weighted by molar-refractivity contribution is 0.0930. The Morgan fingerprint density at radius 1 is 1.13 bits per heavy atom. The van der Waals surface area contributed by atoms with Gasteiger partial charge in [-0.25, -0.2) is 9.37 Å². The van der Waals surface area contributed by atoms with E-state index in [9.17, 15) is 9.18 Å². The van der Waals surface area contributed by atoms with Crippen molar-refractivity contribution in [2.75, 3.05) is 32.1 Å². The zero-order chi connectivity index (χ0) is 26.1. The number of piperidine rings is 1. The molecule has 38 heavy (non-hydrogen) atoms. The van der Waals surface area contributed by atoms with E-state index in [2.05, 4.69) is 37.8 Å². The van der Waals surface area contributed by atoms with Crippen LogP contribution in [-0.2, 0) is 5.54 Å². The Morgan fingerprint density at radius 2 is 1.95 bits per heavy atom. The van der Waals surface area contributed by atoms with Gasteiger partial charge in [-0.15, -0.1) is 0 Å². The number of ether oxygens (including phenoxy) is 1. The molecule has 3 N–H and O–H groups in total. The van der Waals surface area contributed by atoms with Crippen LogP contribution in [0.2, 0.25) is 0 Å². The van der Waals surface area contributed by atoms with E-state index in [0.717, 1.165) is 43.0 Å². The summed E-state index contributed by atoms with van der Waals surface area (Å²) in [5.41, 5.74) is 2.36. The minimum Gasteiger partial charge on any atom is -0.491 e. The van der Waals surface area contributed by atoms with Gasteiger partial charge in [0.25, 0.3) is 5.91 Å². The van der Waals surface area contributed by atoms with Crippen molar-refractivity contribution in [2.45, 2.75) is 24.4 Å². The van der Waals surface area contributed by atoms with Crippen LogP contribution in [0.15, 0.2) is 67.0 Å². The van der Waals surface area contributed by atoms with Gasteiger partial charge < -0.3 is 20.3 Å². The number of nitrogens with one attached hydrogen (secondary N) is 3. The third-order valence-electron chi connectivity index (χ3n) is 7.28. The molecule has 2 aliphatic rings. The van der Waals surface area contributed by atoms with Crippen LogP contribution in [-0.4, -0.2) is 57.7 Å². The molecule has 1 atom stereocenters. The van der Waals surface area contributed by atoms with Crippen molar-refractivity contribution < 1.29 is 13.9 Å². The van der Waals surface area contributed by atoms with Gasteiger partial charge in [0.15, 0.2) is 11.6 Å². The third kappa shape index (κ3) is 4.70. The Morgan fingerprint density at radius 3 is 2.76 bits per heavy atom. The topological polar surface area (TPSA) is 108 Å². The maximum atomic E-state index is 13.8. The van der Waals surface area contributed by atoms with Crippen LogP contribution >= 0.6 is 0 Å². The number of aromatic amines is 1. The largest absolute Gasteiger partial charge is 0.491 e. The molecule has 2 aliphatic heterocycles. The number of anilines is 1. The highest BCUT2D eigenvalue weighted by atomic mass is 19.1. The molecule has 0 aliphatic carbocycles. The number of hydrogen-bond acceptors (Lipinski definition) is 7. The van der Waals surface area contributed by atoms with Gasteiger partial charge in [0.05, 0.1) is 11.6 Å². The number of aromatic nitrogens is 4. The van der Waals surface area contributed by atoms with Gasteiger partial charge in [-0.1, -0.05) is 6.07 Å². The van der Waals surface area contributed by atoms with Crippen molar-refractivity contribution >= 4 is 11.6 Å². The molecular weight excluding hydrogens is 485 g/mol. The maximum Gasteiger partial charge on any atom is 0.251 e. The van der Waals surface area contributed by atoms with Gasteiger partial charge >= 0.3 is 0 Å². The molecule has 0 radical (unpaired) electrons. The van der Waals surface area contributed by atoms with Crippen LogP contribution in [0.4, 0.5) is 10.1 Å². The molecule has 4 heterocycles. The summed E-state index contributed by atoms with van der Waals surface area (Å²) >= 11 is 0. The molecule has 6 rings (SSSR count). The minimum absolute atomic E-state index is 0.253. The molecule has 194 valence electrons. The molecule has 1 fully saturated rings. The number of fused-ring (bicyclic) bond motifs is 1. The van der Waals surface area contributed by atoms with Crippen molar-refractivity contribution in [2.24, 2.45) is 0 Å². The molecule has 2 aromatic carbocycles. The Balaban J connectivity index is 1.24. The third-order valence-corrected chi connectivity index (χ3v) is 7.28. The number of H-pyrrole nitrogens is 1. The van der Waals surface area contributed by atoms with E-state index in [-0.39, 0.29) is 18.3 Å². The zero-order valence-electron chi connectivity index (χ0n) is 20.9. The van der Waals surface area contributed by atoms with Gasteiger partial charge in [0.2, 0.25) is 0 Å². The average molecular weight is 514 g/mol. The fraction of sp³-hybridized carbons (Fsp3) is 0.286. The fourth-order valence-electron chi connectivity index (χ4n) is 5.09. The van der Waals surface area contributed by atoms with Crippen LogP contribution in [0.1, 0.15) is 40.6 Å². The average Bonchev–Trinajstić information content (AvgIpc) is 3.59. The molecule has 0 bridgehead atoms. The number of carbonyl (C=O) groups excluding carboxylic acids is 1. The number of hydrogen-bond donors (Lipinski definition) is 3. The second kappa shape index (κ2) is 9.86. The predicted octanol–water partition coefficient (Wildman–Crippen LogP) is 3.90. The highest BCUT2D eigenvalue weighted by Crippen LogP contribution is 2.36. The number of halogens is 1. The molecule has 0 unspecified atom stereocenters. The Hall–Kier alpha value is -4.31. The van der Waals surface area contributed by atoms with E-state index in [1.165, 1.54) is 12.1 Å². The number of benzene rings is 2. The van der Waals surface area contributed by atoms with Crippen LogP contribution in [0.3, 0.4) is 0 Å². The first-order valence-corrected chi connectivity index (χ1v) is 12.6. The second-order valence-corrected chi connectivity index (χ2v) is 9.85. The van der Waals surface area contributed by atoms with Crippen molar-refractivity contribution in [3.05, 3.63) is 89.8 Å². The van der Waals surface area contributed by atoms with Gasteiger partial charge in [0.1, 0.15) is 18.2 Å². The SMILES string of the molecule is CN1CCC(Nc2cccc(C(=O)N[C@@H]3COc4ccc(F)cc43)c2)(c2nc(-c3ccncc3)n[nH]2)CC1. The minimum atomic E-state index is -0.477. The van der Waals surface area contributed by atoms with E-state index >= 15 is 0 Å².